The molecular formula is C19H14OS. The molecule has 21 heavy (non-hydrogen) atoms. The molecule has 1 N–H and O–H groups in total. The van der Waals surface area contributed by atoms with Gasteiger partial charge in [-0.3, -0.25) is 0 Å². The predicted molar refractivity (Wildman–Crippen MR) is 87.1 cm³/mol. The van der Waals surface area contributed by atoms with Crippen molar-refractivity contribution in [1.29, 1.82) is 0 Å². The number of thiophene rings is 1. The molecule has 0 fully saturated rings. The lowest BCUT2D eigenvalue weighted by atomic mass is 9.87. The van der Waals surface area contributed by atoms with E-state index in [0.29, 0.717) is 0 Å². The Morgan fingerprint density at radius 2 is 1.33 bits per heavy atom. The lowest BCUT2D eigenvalue weighted by molar-refractivity contribution is 0.145. The van der Waals surface area contributed by atoms with Gasteiger partial charge in [0.25, 0.3) is 0 Å². The van der Waals surface area contributed by atoms with Crippen LogP contribution in [0.5, 0.6) is 0 Å². The molecule has 1 heterocycles. The van der Waals surface area contributed by atoms with Crippen LogP contribution in [0.15, 0.2) is 78.2 Å². The third-order valence-electron chi connectivity index (χ3n) is 3.27. The van der Waals surface area contributed by atoms with Crippen molar-refractivity contribution in [1.82, 2.24) is 0 Å². The Kier molecular flexibility index (Phi) is 3.87. The Morgan fingerprint density at radius 1 is 0.762 bits per heavy atom. The van der Waals surface area contributed by atoms with Gasteiger partial charge in [-0.2, -0.15) is 0 Å². The Labute approximate surface area is 128 Å². The van der Waals surface area contributed by atoms with Crippen molar-refractivity contribution in [2.75, 3.05) is 0 Å². The quantitative estimate of drug-likeness (QED) is 0.706. The Bertz CT molecular complexity index is 710. The van der Waals surface area contributed by atoms with Crippen LogP contribution >= 0.6 is 11.3 Å². The molecule has 2 aromatic carbocycles. The molecule has 0 atom stereocenters. The van der Waals surface area contributed by atoms with Crippen molar-refractivity contribution in [3.05, 3.63) is 94.2 Å². The van der Waals surface area contributed by atoms with Crippen LogP contribution in [0.4, 0.5) is 0 Å². The first-order valence-electron chi connectivity index (χ1n) is 6.69. The van der Waals surface area contributed by atoms with E-state index >= 15 is 0 Å². The zero-order chi connectivity index (χ0) is 14.5. The standard InChI is InChI=1S/C19H14OS/c20-19(16-8-3-1-4-9-16,17-10-5-2-6-11-17)14-13-18-12-7-15-21-18/h1-12,15,20H. The Hall–Kier alpha value is -2.34. The highest BCUT2D eigenvalue weighted by atomic mass is 32.1. The predicted octanol–water partition coefficient (Wildman–Crippen LogP) is 4.04. The highest BCUT2D eigenvalue weighted by Gasteiger charge is 2.29. The average Bonchev–Trinajstić information content (AvgIpc) is 3.08. The largest absolute Gasteiger partial charge is 0.369 e. The van der Waals surface area contributed by atoms with Crippen LogP contribution in [0.3, 0.4) is 0 Å². The first-order valence-corrected chi connectivity index (χ1v) is 7.57. The molecule has 0 aliphatic rings. The van der Waals surface area contributed by atoms with Gasteiger partial charge in [-0.15, -0.1) is 11.3 Å². The van der Waals surface area contributed by atoms with Crippen molar-refractivity contribution < 1.29 is 5.11 Å². The number of hydrogen-bond acceptors (Lipinski definition) is 2. The second kappa shape index (κ2) is 5.97. The van der Waals surface area contributed by atoms with Crippen molar-refractivity contribution in [2.45, 2.75) is 5.60 Å². The molecule has 102 valence electrons. The van der Waals surface area contributed by atoms with E-state index in [9.17, 15) is 5.11 Å². The smallest absolute Gasteiger partial charge is 0.177 e. The normalized spacial score (nSPS) is 10.7. The molecule has 0 spiro atoms. The molecule has 0 radical (unpaired) electrons. The Balaban J connectivity index is 2.12. The summed E-state index contributed by atoms with van der Waals surface area (Å²) in [5, 5.41) is 13.2. The van der Waals surface area contributed by atoms with Crippen LogP contribution in [0, 0.1) is 11.8 Å². The first-order chi connectivity index (χ1) is 10.3. The van der Waals surface area contributed by atoms with Crippen LogP contribution in [-0.4, -0.2) is 5.11 Å². The zero-order valence-corrected chi connectivity index (χ0v) is 12.2. The molecule has 1 nitrogen and oxygen atoms in total. The van der Waals surface area contributed by atoms with Crippen molar-refractivity contribution in [2.24, 2.45) is 0 Å². The maximum atomic E-state index is 11.2. The highest BCUT2D eigenvalue weighted by molar-refractivity contribution is 7.10. The first kappa shape index (κ1) is 13.6. The summed E-state index contributed by atoms with van der Waals surface area (Å²) in [7, 11) is 0. The summed E-state index contributed by atoms with van der Waals surface area (Å²) in [5.41, 5.74) is 0.257. The minimum absolute atomic E-state index is 0.778. The topological polar surface area (TPSA) is 20.2 Å². The van der Waals surface area contributed by atoms with E-state index in [1.54, 1.807) is 11.3 Å². The van der Waals surface area contributed by atoms with Crippen LogP contribution in [0.1, 0.15) is 16.0 Å². The van der Waals surface area contributed by atoms with Gasteiger partial charge in [-0.1, -0.05) is 78.6 Å². The van der Waals surface area contributed by atoms with Crippen LogP contribution in [0.25, 0.3) is 0 Å². The monoisotopic (exact) mass is 290 g/mol. The maximum absolute atomic E-state index is 11.2. The summed E-state index contributed by atoms with van der Waals surface area (Å²) in [5.74, 6) is 6.13. The summed E-state index contributed by atoms with van der Waals surface area (Å²) >= 11 is 1.57. The van der Waals surface area contributed by atoms with Crippen molar-refractivity contribution in [3.63, 3.8) is 0 Å². The van der Waals surface area contributed by atoms with E-state index in [4.69, 9.17) is 0 Å². The van der Waals surface area contributed by atoms with E-state index in [0.717, 1.165) is 16.0 Å². The fourth-order valence-corrected chi connectivity index (χ4v) is 2.74. The number of hydrogen-bond donors (Lipinski definition) is 1. The highest BCUT2D eigenvalue weighted by Crippen LogP contribution is 2.29. The second-order valence-electron chi connectivity index (χ2n) is 4.67. The second-order valence-corrected chi connectivity index (χ2v) is 5.62. The van der Waals surface area contributed by atoms with Gasteiger partial charge in [0.2, 0.25) is 0 Å². The van der Waals surface area contributed by atoms with Gasteiger partial charge in [-0.05, 0) is 11.4 Å². The average molecular weight is 290 g/mol. The van der Waals surface area contributed by atoms with E-state index in [1.165, 1.54) is 0 Å². The third kappa shape index (κ3) is 2.90. The van der Waals surface area contributed by atoms with Gasteiger partial charge in [0.15, 0.2) is 5.60 Å². The number of aliphatic hydroxyl groups is 1. The number of rotatable bonds is 2. The van der Waals surface area contributed by atoms with E-state index in [-0.39, 0.29) is 0 Å². The fourth-order valence-electron chi connectivity index (χ4n) is 2.17. The lowest BCUT2D eigenvalue weighted by Gasteiger charge is -2.23. The van der Waals surface area contributed by atoms with Gasteiger partial charge >= 0.3 is 0 Å². The maximum Gasteiger partial charge on any atom is 0.177 e. The molecule has 3 aromatic rings. The molecule has 0 saturated heterocycles. The molecule has 0 aliphatic heterocycles. The molecule has 0 bridgehead atoms. The van der Waals surface area contributed by atoms with Gasteiger partial charge in [0, 0.05) is 11.1 Å². The van der Waals surface area contributed by atoms with Gasteiger partial charge in [0.1, 0.15) is 0 Å². The van der Waals surface area contributed by atoms with Crippen molar-refractivity contribution >= 4 is 11.3 Å². The molecule has 1 aromatic heterocycles. The summed E-state index contributed by atoms with van der Waals surface area (Å²) in [6.45, 7) is 0. The minimum atomic E-state index is -1.30. The van der Waals surface area contributed by atoms with Crippen LogP contribution in [-0.2, 0) is 5.60 Å². The summed E-state index contributed by atoms with van der Waals surface area (Å²) in [6, 6.07) is 23.0. The molecule has 0 saturated carbocycles. The number of benzene rings is 2. The lowest BCUT2D eigenvalue weighted by Crippen LogP contribution is -2.25. The molecular weight excluding hydrogens is 276 g/mol. The summed E-state index contributed by atoms with van der Waals surface area (Å²) in [6.07, 6.45) is 0. The third-order valence-corrected chi connectivity index (χ3v) is 4.06. The molecule has 3 rings (SSSR count). The van der Waals surface area contributed by atoms with E-state index in [2.05, 4.69) is 11.8 Å². The fraction of sp³-hybridized carbons (Fsp3) is 0.0526. The summed E-state index contributed by atoms with van der Waals surface area (Å²) < 4.78 is 0. The molecule has 0 unspecified atom stereocenters. The SMILES string of the molecule is OC(C#Cc1cccs1)(c1ccccc1)c1ccccc1. The van der Waals surface area contributed by atoms with Crippen LogP contribution < -0.4 is 0 Å². The van der Waals surface area contributed by atoms with Crippen LogP contribution in [0.2, 0.25) is 0 Å². The summed E-state index contributed by atoms with van der Waals surface area (Å²) in [4.78, 5) is 0.945. The van der Waals surface area contributed by atoms with Crippen molar-refractivity contribution in [3.8, 4) is 11.8 Å². The molecule has 0 amide bonds. The molecule has 2 heteroatoms. The Morgan fingerprint density at radius 3 is 1.81 bits per heavy atom. The molecule has 0 aliphatic carbocycles. The van der Waals surface area contributed by atoms with Gasteiger partial charge in [-0.25, -0.2) is 0 Å². The van der Waals surface area contributed by atoms with E-state index in [1.807, 2.05) is 78.2 Å². The van der Waals surface area contributed by atoms with Gasteiger partial charge in [0.05, 0.1) is 4.88 Å². The minimum Gasteiger partial charge on any atom is -0.369 e. The zero-order valence-electron chi connectivity index (χ0n) is 11.4. The van der Waals surface area contributed by atoms with E-state index < -0.39 is 5.60 Å². The van der Waals surface area contributed by atoms with Gasteiger partial charge < -0.3 is 5.11 Å².